The SMILES string of the molecule is CC(O)C1CCN(C(=O)N(C)C)C1. The summed E-state index contributed by atoms with van der Waals surface area (Å²) in [6, 6.07) is 0.0446. The van der Waals surface area contributed by atoms with E-state index in [0.717, 1.165) is 13.0 Å². The van der Waals surface area contributed by atoms with Gasteiger partial charge in [0.05, 0.1) is 6.10 Å². The monoisotopic (exact) mass is 186 g/mol. The van der Waals surface area contributed by atoms with E-state index in [0.29, 0.717) is 6.54 Å². The molecular weight excluding hydrogens is 168 g/mol. The van der Waals surface area contributed by atoms with Gasteiger partial charge in [-0.15, -0.1) is 0 Å². The minimum absolute atomic E-state index is 0.0446. The number of hydrogen-bond acceptors (Lipinski definition) is 2. The normalized spacial score (nSPS) is 24.6. The molecule has 0 aromatic carbocycles. The zero-order valence-electron chi connectivity index (χ0n) is 8.53. The molecule has 2 amide bonds. The van der Waals surface area contributed by atoms with Crippen LogP contribution >= 0.6 is 0 Å². The highest BCUT2D eigenvalue weighted by atomic mass is 16.3. The van der Waals surface area contributed by atoms with Crippen LogP contribution in [0.1, 0.15) is 13.3 Å². The van der Waals surface area contributed by atoms with Crippen LogP contribution in [0.2, 0.25) is 0 Å². The molecule has 1 fully saturated rings. The second kappa shape index (κ2) is 3.96. The van der Waals surface area contributed by atoms with Crippen LogP contribution in [0, 0.1) is 5.92 Å². The fourth-order valence-corrected chi connectivity index (χ4v) is 1.64. The topological polar surface area (TPSA) is 43.8 Å². The lowest BCUT2D eigenvalue weighted by molar-refractivity contribution is 0.126. The molecule has 0 aromatic rings. The van der Waals surface area contributed by atoms with Crippen LogP contribution in [-0.2, 0) is 0 Å². The first-order valence-corrected chi connectivity index (χ1v) is 4.66. The molecule has 0 radical (unpaired) electrons. The summed E-state index contributed by atoms with van der Waals surface area (Å²) in [6.07, 6.45) is 0.608. The first kappa shape index (κ1) is 10.3. The lowest BCUT2D eigenvalue weighted by atomic mass is 10.0. The Bertz CT molecular complexity index is 192. The van der Waals surface area contributed by atoms with Gasteiger partial charge in [0.25, 0.3) is 0 Å². The number of urea groups is 1. The molecule has 4 nitrogen and oxygen atoms in total. The van der Waals surface area contributed by atoms with E-state index < -0.39 is 0 Å². The van der Waals surface area contributed by atoms with Crippen LogP contribution in [0.4, 0.5) is 4.79 Å². The van der Waals surface area contributed by atoms with Crippen molar-refractivity contribution in [1.29, 1.82) is 0 Å². The molecule has 76 valence electrons. The van der Waals surface area contributed by atoms with Crippen LogP contribution in [0.3, 0.4) is 0 Å². The number of rotatable bonds is 1. The van der Waals surface area contributed by atoms with Crippen molar-refractivity contribution in [1.82, 2.24) is 9.80 Å². The Morgan fingerprint density at radius 2 is 2.23 bits per heavy atom. The summed E-state index contributed by atoms with van der Waals surface area (Å²) in [6.45, 7) is 3.25. The van der Waals surface area contributed by atoms with Gasteiger partial charge in [-0.05, 0) is 13.3 Å². The molecule has 1 N–H and O–H groups in total. The molecule has 1 aliphatic heterocycles. The van der Waals surface area contributed by atoms with Crippen molar-refractivity contribution in [3.63, 3.8) is 0 Å². The fraction of sp³-hybridized carbons (Fsp3) is 0.889. The zero-order valence-corrected chi connectivity index (χ0v) is 8.53. The summed E-state index contributed by atoms with van der Waals surface area (Å²) < 4.78 is 0. The standard InChI is InChI=1S/C9H18N2O2/c1-7(12)8-4-5-11(6-8)9(13)10(2)3/h7-8,12H,4-6H2,1-3H3. The average Bonchev–Trinajstić information content (AvgIpc) is 2.50. The van der Waals surface area contributed by atoms with Crippen molar-refractivity contribution in [3.8, 4) is 0 Å². The molecule has 0 bridgehead atoms. The van der Waals surface area contributed by atoms with Crippen molar-refractivity contribution >= 4 is 6.03 Å². The number of likely N-dealkylation sites (tertiary alicyclic amines) is 1. The van der Waals surface area contributed by atoms with Crippen LogP contribution in [0.25, 0.3) is 0 Å². The Morgan fingerprint density at radius 3 is 2.62 bits per heavy atom. The molecular formula is C9H18N2O2. The summed E-state index contributed by atoms with van der Waals surface area (Å²) >= 11 is 0. The molecule has 1 aliphatic rings. The quantitative estimate of drug-likeness (QED) is 0.643. The molecule has 1 saturated heterocycles. The zero-order chi connectivity index (χ0) is 10.0. The average molecular weight is 186 g/mol. The van der Waals surface area contributed by atoms with Gasteiger partial charge in [-0.1, -0.05) is 0 Å². The van der Waals surface area contributed by atoms with E-state index in [2.05, 4.69) is 0 Å². The van der Waals surface area contributed by atoms with E-state index in [4.69, 9.17) is 0 Å². The molecule has 0 aliphatic carbocycles. The summed E-state index contributed by atoms with van der Waals surface area (Å²) in [4.78, 5) is 14.8. The Balaban J connectivity index is 2.45. The summed E-state index contributed by atoms with van der Waals surface area (Å²) in [7, 11) is 3.50. The molecule has 2 atom stereocenters. The molecule has 0 spiro atoms. The maximum Gasteiger partial charge on any atom is 0.319 e. The van der Waals surface area contributed by atoms with Gasteiger partial charge in [-0.25, -0.2) is 4.79 Å². The van der Waals surface area contributed by atoms with Crippen molar-refractivity contribution < 1.29 is 9.90 Å². The van der Waals surface area contributed by atoms with Crippen molar-refractivity contribution in [2.75, 3.05) is 27.2 Å². The highest BCUT2D eigenvalue weighted by molar-refractivity contribution is 5.74. The number of hydrogen-bond donors (Lipinski definition) is 1. The summed E-state index contributed by atoms with van der Waals surface area (Å²) in [5, 5.41) is 9.34. The number of amides is 2. The first-order valence-electron chi connectivity index (χ1n) is 4.66. The summed E-state index contributed by atoms with van der Waals surface area (Å²) in [5.41, 5.74) is 0. The van der Waals surface area contributed by atoms with Crippen LogP contribution in [0.15, 0.2) is 0 Å². The van der Waals surface area contributed by atoms with E-state index >= 15 is 0 Å². The molecule has 0 aromatic heterocycles. The fourth-order valence-electron chi connectivity index (χ4n) is 1.64. The summed E-state index contributed by atoms with van der Waals surface area (Å²) in [5.74, 6) is 0.254. The van der Waals surface area contributed by atoms with Crippen LogP contribution in [-0.4, -0.2) is 54.2 Å². The maximum absolute atomic E-state index is 11.5. The Labute approximate surface area is 79.1 Å². The van der Waals surface area contributed by atoms with E-state index in [1.807, 2.05) is 0 Å². The highest BCUT2D eigenvalue weighted by Crippen LogP contribution is 2.20. The lowest BCUT2D eigenvalue weighted by Crippen LogP contribution is -2.38. The van der Waals surface area contributed by atoms with Gasteiger partial charge in [-0.2, -0.15) is 0 Å². The first-order chi connectivity index (χ1) is 6.02. The molecule has 0 saturated carbocycles. The third kappa shape index (κ3) is 2.34. The van der Waals surface area contributed by atoms with Crippen molar-refractivity contribution in [2.45, 2.75) is 19.4 Å². The van der Waals surface area contributed by atoms with Gasteiger partial charge in [0.2, 0.25) is 0 Å². The van der Waals surface area contributed by atoms with Crippen LogP contribution in [0.5, 0.6) is 0 Å². The molecule has 13 heavy (non-hydrogen) atoms. The van der Waals surface area contributed by atoms with E-state index in [9.17, 15) is 9.90 Å². The maximum atomic E-state index is 11.5. The van der Waals surface area contributed by atoms with E-state index in [1.165, 1.54) is 0 Å². The van der Waals surface area contributed by atoms with Crippen LogP contribution < -0.4 is 0 Å². The van der Waals surface area contributed by atoms with Gasteiger partial charge in [0.15, 0.2) is 0 Å². The van der Waals surface area contributed by atoms with E-state index in [-0.39, 0.29) is 18.1 Å². The number of aliphatic hydroxyl groups is 1. The van der Waals surface area contributed by atoms with Crippen molar-refractivity contribution in [2.24, 2.45) is 5.92 Å². The number of carbonyl (C=O) groups is 1. The largest absolute Gasteiger partial charge is 0.393 e. The minimum atomic E-state index is -0.306. The lowest BCUT2D eigenvalue weighted by Gasteiger charge is -2.21. The van der Waals surface area contributed by atoms with Gasteiger partial charge >= 0.3 is 6.03 Å². The van der Waals surface area contributed by atoms with Gasteiger partial charge < -0.3 is 14.9 Å². The Hall–Kier alpha value is -0.770. The predicted octanol–water partition coefficient (Wildman–Crippen LogP) is 0.371. The third-order valence-corrected chi connectivity index (χ3v) is 2.56. The second-order valence-corrected chi connectivity index (χ2v) is 3.91. The van der Waals surface area contributed by atoms with Gasteiger partial charge in [-0.3, -0.25) is 0 Å². The van der Waals surface area contributed by atoms with Gasteiger partial charge in [0, 0.05) is 33.1 Å². The van der Waals surface area contributed by atoms with Crippen molar-refractivity contribution in [3.05, 3.63) is 0 Å². The second-order valence-electron chi connectivity index (χ2n) is 3.91. The predicted molar refractivity (Wildman–Crippen MR) is 50.4 cm³/mol. The molecule has 2 unspecified atom stereocenters. The minimum Gasteiger partial charge on any atom is -0.393 e. The molecule has 1 rings (SSSR count). The number of aliphatic hydroxyl groups excluding tert-OH is 1. The smallest absolute Gasteiger partial charge is 0.319 e. The molecule has 4 heteroatoms. The Kier molecular flexibility index (Phi) is 3.14. The molecule has 1 heterocycles. The number of nitrogens with zero attached hydrogens (tertiary/aromatic N) is 2. The Morgan fingerprint density at radius 1 is 1.62 bits per heavy atom. The third-order valence-electron chi connectivity index (χ3n) is 2.56. The van der Waals surface area contributed by atoms with E-state index in [1.54, 1.807) is 30.8 Å². The highest BCUT2D eigenvalue weighted by Gasteiger charge is 2.29. The van der Waals surface area contributed by atoms with Gasteiger partial charge in [0.1, 0.15) is 0 Å². The number of carbonyl (C=O) groups excluding carboxylic acids is 1.